The highest BCUT2D eigenvalue weighted by Crippen LogP contribution is 2.42. The number of aldehydes is 1. The minimum Gasteiger partial charge on any atom is -0.373 e. The van der Waals surface area contributed by atoms with Crippen molar-refractivity contribution in [2.24, 2.45) is 5.92 Å². The molecule has 1 aliphatic heterocycles. The molecule has 1 aromatic carbocycles. The summed E-state index contributed by atoms with van der Waals surface area (Å²) in [6, 6.07) is 10.0. The number of carbonyl (C=O) groups excluding carboxylic acids is 1. The minimum absolute atomic E-state index is 0.00660. The first-order valence-electron chi connectivity index (χ1n) is 8.05. The zero-order valence-corrected chi connectivity index (χ0v) is 14.1. The zero-order valence-electron chi connectivity index (χ0n) is 14.1. The van der Waals surface area contributed by atoms with E-state index in [9.17, 15) is 4.79 Å². The second-order valence-corrected chi connectivity index (χ2v) is 6.35. The Morgan fingerprint density at radius 1 is 1.30 bits per heavy atom. The molecular formula is C19H26O4. The molecule has 4 atom stereocenters. The molecule has 1 fully saturated rings. The van der Waals surface area contributed by atoms with Crippen molar-refractivity contribution in [3.8, 4) is 0 Å². The van der Waals surface area contributed by atoms with E-state index in [0.29, 0.717) is 13.0 Å². The van der Waals surface area contributed by atoms with Crippen LogP contribution in [0.2, 0.25) is 0 Å². The van der Waals surface area contributed by atoms with Crippen molar-refractivity contribution in [2.75, 3.05) is 6.61 Å². The molecule has 0 bridgehead atoms. The summed E-state index contributed by atoms with van der Waals surface area (Å²) in [4.78, 5) is 11.0. The summed E-state index contributed by atoms with van der Waals surface area (Å²) in [5, 5.41) is 0. The molecule has 4 heteroatoms. The van der Waals surface area contributed by atoms with E-state index < -0.39 is 5.79 Å². The SMILES string of the molecule is C=CCO[C@@H](CC=O)[C@H](C)[C@H]1OC(C)(C)O[C@@H]1c1ccccc1. The summed E-state index contributed by atoms with van der Waals surface area (Å²) in [7, 11) is 0. The molecule has 23 heavy (non-hydrogen) atoms. The van der Waals surface area contributed by atoms with Crippen LogP contribution in [-0.2, 0) is 19.0 Å². The molecule has 0 saturated carbocycles. The summed E-state index contributed by atoms with van der Waals surface area (Å²) < 4.78 is 18.0. The molecule has 1 saturated heterocycles. The van der Waals surface area contributed by atoms with E-state index in [4.69, 9.17) is 14.2 Å². The van der Waals surface area contributed by atoms with Crippen LogP contribution in [0.25, 0.3) is 0 Å². The van der Waals surface area contributed by atoms with Crippen molar-refractivity contribution in [3.05, 3.63) is 48.6 Å². The van der Waals surface area contributed by atoms with Gasteiger partial charge in [0.1, 0.15) is 12.4 Å². The Hall–Kier alpha value is -1.49. The Kier molecular flexibility index (Phi) is 6.10. The predicted molar refractivity (Wildman–Crippen MR) is 89.0 cm³/mol. The van der Waals surface area contributed by atoms with Crippen LogP contribution in [0.15, 0.2) is 43.0 Å². The van der Waals surface area contributed by atoms with Gasteiger partial charge in [-0.05, 0) is 19.4 Å². The van der Waals surface area contributed by atoms with E-state index in [1.54, 1.807) is 6.08 Å². The third-order valence-electron chi connectivity index (χ3n) is 4.12. The average Bonchev–Trinajstić information content (AvgIpc) is 2.87. The van der Waals surface area contributed by atoms with E-state index in [1.807, 2.05) is 51.1 Å². The van der Waals surface area contributed by atoms with Gasteiger partial charge in [0, 0.05) is 12.3 Å². The highest BCUT2D eigenvalue weighted by atomic mass is 16.8. The van der Waals surface area contributed by atoms with Gasteiger partial charge in [-0.3, -0.25) is 0 Å². The molecule has 0 aromatic heterocycles. The molecule has 2 rings (SSSR count). The van der Waals surface area contributed by atoms with Crippen LogP contribution in [-0.4, -0.2) is 30.9 Å². The lowest BCUT2D eigenvalue weighted by Crippen LogP contribution is -2.36. The number of benzene rings is 1. The molecule has 126 valence electrons. The number of carbonyl (C=O) groups is 1. The van der Waals surface area contributed by atoms with E-state index >= 15 is 0 Å². The molecule has 1 aliphatic rings. The zero-order chi connectivity index (χ0) is 16.9. The highest BCUT2D eigenvalue weighted by Gasteiger charge is 2.46. The smallest absolute Gasteiger partial charge is 0.164 e. The van der Waals surface area contributed by atoms with Gasteiger partial charge in [0.15, 0.2) is 5.79 Å². The number of rotatable bonds is 8. The van der Waals surface area contributed by atoms with E-state index in [-0.39, 0.29) is 24.2 Å². The molecule has 1 heterocycles. The molecule has 0 unspecified atom stereocenters. The summed E-state index contributed by atoms with van der Waals surface area (Å²) in [5.41, 5.74) is 1.07. The van der Waals surface area contributed by atoms with Crippen molar-refractivity contribution < 1.29 is 19.0 Å². The lowest BCUT2D eigenvalue weighted by molar-refractivity contribution is -0.155. The molecule has 1 aromatic rings. The van der Waals surface area contributed by atoms with Crippen molar-refractivity contribution in [1.29, 1.82) is 0 Å². The van der Waals surface area contributed by atoms with Crippen molar-refractivity contribution in [1.82, 2.24) is 0 Å². The first-order valence-corrected chi connectivity index (χ1v) is 8.05. The monoisotopic (exact) mass is 318 g/mol. The third-order valence-corrected chi connectivity index (χ3v) is 4.12. The molecular weight excluding hydrogens is 292 g/mol. The molecule has 0 aliphatic carbocycles. The van der Waals surface area contributed by atoms with Crippen LogP contribution in [0, 0.1) is 5.92 Å². The van der Waals surface area contributed by atoms with Crippen LogP contribution < -0.4 is 0 Å². The van der Waals surface area contributed by atoms with Crippen LogP contribution in [0.1, 0.15) is 38.9 Å². The Labute approximate surface area is 138 Å². The van der Waals surface area contributed by atoms with Crippen molar-refractivity contribution >= 4 is 6.29 Å². The van der Waals surface area contributed by atoms with Gasteiger partial charge < -0.3 is 19.0 Å². The van der Waals surface area contributed by atoms with Gasteiger partial charge in [0.2, 0.25) is 0 Å². The Morgan fingerprint density at radius 3 is 2.61 bits per heavy atom. The summed E-state index contributed by atoms with van der Waals surface area (Å²) >= 11 is 0. The minimum atomic E-state index is -0.663. The van der Waals surface area contributed by atoms with Crippen LogP contribution in [0.4, 0.5) is 0 Å². The van der Waals surface area contributed by atoms with Crippen LogP contribution in [0.5, 0.6) is 0 Å². The number of hydrogen-bond donors (Lipinski definition) is 0. The summed E-state index contributed by atoms with van der Waals surface area (Å²) in [6.07, 6.45) is 2.33. The fourth-order valence-electron chi connectivity index (χ4n) is 3.01. The van der Waals surface area contributed by atoms with Crippen molar-refractivity contribution in [2.45, 2.75) is 51.3 Å². The fraction of sp³-hybridized carbons (Fsp3) is 0.526. The van der Waals surface area contributed by atoms with Crippen molar-refractivity contribution in [3.63, 3.8) is 0 Å². The second-order valence-electron chi connectivity index (χ2n) is 6.35. The number of ether oxygens (including phenoxy) is 3. The maximum atomic E-state index is 11.0. The molecule has 0 radical (unpaired) electrons. The van der Waals surface area contributed by atoms with Gasteiger partial charge in [-0.1, -0.05) is 43.3 Å². The Balaban J connectivity index is 2.21. The standard InChI is InChI=1S/C19H26O4/c1-5-13-21-16(11-12-20)14(2)17-18(23-19(3,4)22-17)15-9-7-6-8-10-15/h5-10,12,14,16-18H,1,11,13H2,2-4H3/t14-,16-,17+,18+/m0/s1. The largest absolute Gasteiger partial charge is 0.373 e. The average molecular weight is 318 g/mol. The fourth-order valence-corrected chi connectivity index (χ4v) is 3.01. The molecule has 0 spiro atoms. The highest BCUT2D eigenvalue weighted by molar-refractivity contribution is 5.50. The van der Waals surface area contributed by atoms with Gasteiger partial charge in [0.05, 0.1) is 18.8 Å². The quantitative estimate of drug-likeness (QED) is 0.542. The third kappa shape index (κ3) is 4.50. The topological polar surface area (TPSA) is 44.8 Å². The Bertz CT molecular complexity index is 511. The first kappa shape index (κ1) is 17.9. The summed E-state index contributed by atoms with van der Waals surface area (Å²) in [6.45, 7) is 9.95. The maximum Gasteiger partial charge on any atom is 0.164 e. The lowest BCUT2D eigenvalue weighted by Gasteiger charge is -2.29. The Morgan fingerprint density at radius 2 is 2.00 bits per heavy atom. The predicted octanol–water partition coefficient (Wildman–Crippen LogP) is 3.68. The van der Waals surface area contributed by atoms with E-state index in [0.717, 1.165) is 11.8 Å². The molecule has 0 amide bonds. The van der Waals surface area contributed by atoms with E-state index in [1.165, 1.54) is 0 Å². The molecule has 0 N–H and O–H groups in total. The van der Waals surface area contributed by atoms with E-state index in [2.05, 4.69) is 6.58 Å². The lowest BCUT2D eigenvalue weighted by atomic mass is 9.89. The summed E-state index contributed by atoms with van der Waals surface area (Å²) in [5.74, 6) is -0.656. The van der Waals surface area contributed by atoms with Crippen LogP contribution >= 0.6 is 0 Å². The van der Waals surface area contributed by atoms with Gasteiger partial charge >= 0.3 is 0 Å². The van der Waals surface area contributed by atoms with Crippen LogP contribution in [0.3, 0.4) is 0 Å². The van der Waals surface area contributed by atoms with Gasteiger partial charge in [-0.25, -0.2) is 0 Å². The van der Waals surface area contributed by atoms with Gasteiger partial charge in [-0.15, -0.1) is 6.58 Å². The first-order chi connectivity index (χ1) is 11.0. The van der Waals surface area contributed by atoms with Gasteiger partial charge in [-0.2, -0.15) is 0 Å². The maximum absolute atomic E-state index is 11.0. The second kappa shape index (κ2) is 7.86. The molecule has 4 nitrogen and oxygen atoms in total. The van der Waals surface area contributed by atoms with Gasteiger partial charge in [0.25, 0.3) is 0 Å². The normalized spacial score (nSPS) is 25.7. The number of hydrogen-bond acceptors (Lipinski definition) is 4.